The summed E-state index contributed by atoms with van der Waals surface area (Å²) in [5.41, 5.74) is 8.16. The van der Waals surface area contributed by atoms with Gasteiger partial charge >= 0.3 is 0 Å². The highest BCUT2D eigenvalue weighted by molar-refractivity contribution is 6.31. The van der Waals surface area contributed by atoms with Gasteiger partial charge in [-0.15, -0.1) is 0 Å². The fourth-order valence-electron chi connectivity index (χ4n) is 3.01. The van der Waals surface area contributed by atoms with Crippen molar-refractivity contribution in [3.63, 3.8) is 0 Å². The molecule has 31 heavy (non-hydrogen) atoms. The van der Waals surface area contributed by atoms with E-state index in [1.54, 1.807) is 29.1 Å². The van der Waals surface area contributed by atoms with Gasteiger partial charge in [0.15, 0.2) is 23.0 Å². The molecule has 0 atom stereocenters. The van der Waals surface area contributed by atoms with Crippen molar-refractivity contribution >= 4 is 34.4 Å². The van der Waals surface area contributed by atoms with E-state index in [9.17, 15) is 4.79 Å². The van der Waals surface area contributed by atoms with Crippen LogP contribution in [0.25, 0.3) is 16.7 Å². The van der Waals surface area contributed by atoms with Crippen LogP contribution >= 0.6 is 11.6 Å². The van der Waals surface area contributed by atoms with Crippen LogP contribution in [0.15, 0.2) is 48.9 Å². The van der Waals surface area contributed by atoms with E-state index in [0.717, 1.165) is 11.3 Å². The van der Waals surface area contributed by atoms with Crippen LogP contribution in [0, 0.1) is 6.92 Å². The second-order valence-electron chi connectivity index (χ2n) is 6.60. The number of amides is 1. The summed E-state index contributed by atoms with van der Waals surface area (Å²) in [6.07, 6.45) is 3.01. The Morgan fingerprint density at radius 2 is 1.87 bits per heavy atom. The fraction of sp³-hybridized carbons (Fsp3) is 0.143. The first-order valence-corrected chi connectivity index (χ1v) is 9.63. The molecule has 2 aromatic heterocycles. The van der Waals surface area contributed by atoms with Crippen LogP contribution in [0.1, 0.15) is 15.9 Å². The second kappa shape index (κ2) is 8.49. The fourth-order valence-corrected chi connectivity index (χ4v) is 3.19. The monoisotopic (exact) mass is 438 g/mol. The Balaban J connectivity index is 1.58. The number of nitrogens with one attached hydrogen (secondary N) is 2. The lowest BCUT2D eigenvalue weighted by molar-refractivity contribution is 0.0962. The van der Waals surface area contributed by atoms with Crippen LogP contribution in [-0.4, -0.2) is 39.9 Å². The van der Waals surface area contributed by atoms with Gasteiger partial charge in [-0.2, -0.15) is 5.10 Å². The van der Waals surface area contributed by atoms with Gasteiger partial charge in [-0.05, 0) is 42.8 Å². The quantitative estimate of drug-likeness (QED) is 0.443. The van der Waals surface area contributed by atoms with Crippen LogP contribution in [0.2, 0.25) is 5.02 Å². The zero-order chi connectivity index (χ0) is 22.0. The van der Waals surface area contributed by atoms with Gasteiger partial charge in [-0.25, -0.2) is 14.6 Å². The van der Waals surface area contributed by atoms with Crippen molar-refractivity contribution in [2.45, 2.75) is 6.92 Å². The average Bonchev–Trinajstić information content (AvgIpc) is 3.23. The number of aromatic nitrogens is 4. The van der Waals surface area contributed by atoms with Gasteiger partial charge in [0.1, 0.15) is 6.33 Å². The van der Waals surface area contributed by atoms with E-state index in [1.807, 2.05) is 25.1 Å². The molecular weight excluding hydrogens is 420 g/mol. The van der Waals surface area contributed by atoms with E-state index in [0.29, 0.717) is 38.9 Å². The number of hydrazine groups is 1. The SMILES string of the molecule is COc1ccc(C(=O)NNc2ncnc3c2cnn3-c2ccc(C)c(Cl)c2)cc1OC. The zero-order valence-corrected chi connectivity index (χ0v) is 17.8. The van der Waals surface area contributed by atoms with E-state index >= 15 is 0 Å². The Morgan fingerprint density at radius 1 is 1.06 bits per heavy atom. The molecule has 9 nitrogen and oxygen atoms in total. The van der Waals surface area contributed by atoms with Crippen LogP contribution in [0.5, 0.6) is 11.5 Å². The summed E-state index contributed by atoms with van der Waals surface area (Å²) in [6.45, 7) is 1.93. The summed E-state index contributed by atoms with van der Waals surface area (Å²) in [5.74, 6) is 1.03. The van der Waals surface area contributed by atoms with Crippen LogP contribution in [-0.2, 0) is 0 Å². The highest BCUT2D eigenvalue weighted by atomic mass is 35.5. The molecule has 0 fully saturated rings. The highest BCUT2D eigenvalue weighted by Gasteiger charge is 2.14. The van der Waals surface area contributed by atoms with Crippen molar-refractivity contribution in [3.8, 4) is 17.2 Å². The standard InChI is InChI=1S/C21H19ClN6O3/c1-12-4-6-14(9-16(12)22)28-20-15(10-25-28)19(23-11-24-20)26-27-21(29)13-5-7-17(30-2)18(8-13)31-3/h4-11H,1-3H3,(H,27,29)(H,23,24,26). The third kappa shape index (κ3) is 3.95. The Hall–Kier alpha value is -3.85. The first-order chi connectivity index (χ1) is 15.0. The zero-order valence-electron chi connectivity index (χ0n) is 17.0. The number of ether oxygens (including phenoxy) is 2. The number of anilines is 1. The molecule has 0 aliphatic carbocycles. The topological polar surface area (TPSA) is 103 Å². The molecule has 0 bridgehead atoms. The summed E-state index contributed by atoms with van der Waals surface area (Å²) >= 11 is 6.25. The maximum atomic E-state index is 12.6. The van der Waals surface area contributed by atoms with Crippen molar-refractivity contribution in [2.75, 3.05) is 19.6 Å². The Kier molecular flexibility index (Phi) is 5.59. The van der Waals surface area contributed by atoms with Crippen molar-refractivity contribution in [3.05, 3.63) is 65.1 Å². The number of carbonyl (C=O) groups is 1. The van der Waals surface area contributed by atoms with Crippen molar-refractivity contribution in [2.24, 2.45) is 0 Å². The van der Waals surface area contributed by atoms with E-state index in [2.05, 4.69) is 25.9 Å². The average molecular weight is 439 g/mol. The summed E-state index contributed by atoms with van der Waals surface area (Å²) in [7, 11) is 3.04. The van der Waals surface area contributed by atoms with Crippen LogP contribution in [0.3, 0.4) is 0 Å². The van der Waals surface area contributed by atoms with E-state index in [4.69, 9.17) is 21.1 Å². The maximum absolute atomic E-state index is 12.6. The van der Waals surface area contributed by atoms with E-state index < -0.39 is 0 Å². The first kappa shape index (κ1) is 20.4. The van der Waals surface area contributed by atoms with E-state index in [1.165, 1.54) is 20.5 Å². The minimum atomic E-state index is -0.370. The molecule has 4 rings (SSSR count). The Bertz CT molecular complexity index is 1270. The molecule has 0 saturated carbocycles. The highest BCUT2D eigenvalue weighted by Crippen LogP contribution is 2.28. The summed E-state index contributed by atoms with van der Waals surface area (Å²) in [6, 6.07) is 10.5. The third-order valence-corrected chi connectivity index (χ3v) is 5.11. The number of aryl methyl sites for hydroxylation is 1. The lowest BCUT2D eigenvalue weighted by Gasteiger charge is -2.11. The van der Waals surface area contributed by atoms with Crippen molar-refractivity contribution in [1.82, 2.24) is 25.2 Å². The first-order valence-electron chi connectivity index (χ1n) is 9.25. The maximum Gasteiger partial charge on any atom is 0.269 e. The van der Waals surface area contributed by atoms with Gasteiger partial charge < -0.3 is 9.47 Å². The number of benzene rings is 2. The number of rotatable bonds is 6. The number of hydrogen-bond donors (Lipinski definition) is 2. The third-order valence-electron chi connectivity index (χ3n) is 4.71. The van der Waals surface area contributed by atoms with Crippen molar-refractivity contribution < 1.29 is 14.3 Å². The molecule has 2 N–H and O–H groups in total. The predicted molar refractivity (Wildman–Crippen MR) is 117 cm³/mol. The number of fused-ring (bicyclic) bond motifs is 1. The van der Waals surface area contributed by atoms with Gasteiger partial charge in [0.25, 0.3) is 5.91 Å². The summed E-state index contributed by atoms with van der Waals surface area (Å²) < 4.78 is 12.1. The predicted octanol–water partition coefficient (Wildman–Crippen LogP) is 3.55. The number of nitrogens with zero attached hydrogens (tertiary/aromatic N) is 4. The van der Waals surface area contributed by atoms with Gasteiger partial charge in [0.2, 0.25) is 0 Å². The summed E-state index contributed by atoms with van der Waals surface area (Å²) in [5, 5.41) is 5.66. The van der Waals surface area contributed by atoms with Crippen LogP contribution in [0.4, 0.5) is 5.82 Å². The Morgan fingerprint density at radius 3 is 2.61 bits per heavy atom. The molecule has 1 amide bonds. The lowest BCUT2D eigenvalue weighted by atomic mass is 10.2. The second-order valence-corrected chi connectivity index (χ2v) is 7.01. The molecule has 0 aliphatic heterocycles. The van der Waals surface area contributed by atoms with Gasteiger partial charge in [0, 0.05) is 10.6 Å². The summed E-state index contributed by atoms with van der Waals surface area (Å²) in [4.78, 5) is 21.1. The molecule has 0 aliphatic rings. The largest absolute Gasteiger partial charge is 0.493 e. The smallest absolute Gasteiger partial charge is 0.269 e. The molecular formula is C21H19ClN6O3. The van der Waals surface area contributed by atoms with E-state index in [-0.39, 0.29) is 5.91 Å². The molecule has 0 radical (unpaired) electrons. The molecule has 2 aromatic carbocycles. The van der Waals surface area contributed by atoms with Crippen molar-refractivity contribution in [1.29, 1.82) is 0 Å². The molecule has 10 heteroatoms. The molecule has 2 heterocycles. The number of hydrogen-bond acceptors (Lipinski definition) is 7. The number of halogens is 1. The molecule has 4 aromatic rings. The molecule has 158 valence electrons. The minimum absolute atomic E-state index is 0.370. The number of methoxy groups -OCH3 is 2. The molecule has 0 saturated heterocycles. The molecule has 0 unspecified atom stereocenters. The lowest BCUT2D eigenvalue weighted by Crippen LogP contribution is -2.30. The van der Waals surface area contributed by atoms with Gasteiger partial charge in [-0.1, -0.05) is 17.7 Å². The van der Waals surface area contributed by atoms with Gasteiger partial charge in [-0.3, -0.25) is 15.6 Å². The normalized spacial score (nSPS) is 10.7. The molecule has 0 spiro atoms. The Labute approximate surface area is 182 Å². The number of carbonyl (C=O) groups excluding carboxylic acids is 1. The minimum Gasteiger partial charge on any atom is -0.493 e. The van der Waals surface area contributed by atoms with Gasteiger partial charge in [0.05, 0.1) is 31.5 Å². The van der Waals surface area contributed by atoms with Crippen LogP contribution < -0.4 is 20.3 Å².